The van der Waals surface area contributed by atoms with Gasteiger partial charge in [0.2, 0.25) is 0 Å². The summed E-state index contributed by atoms with van der Waals surface area (Å²) in [7, 11) is 0. The van der Waals surface area contributed by atoms with Gasteiger partial charge in [0.25, 0.3) is 6.08 Å². The van der Waals surface area contributed by atoms with Gasteiger partial charge in [-0.05, 0) is 75.4 Å². The Bertz CT molecular complexity index is 835. The molecule has 28 heavy (non-hydrogen) atoms. The Balaban J connectivity index is 1.85. The van der Waals surface area contributed by atoms with Gasteiger partial charge in [-0.3, -0.25) is 4.79 Å². The van der Waals surface area contributed by atoms with Gasteiger partial charge in [-0.2, -0.15) is 8.78 Å². The number of aryl methyl sites for hydroxylation is 2. The van der Waals surface area contributed by atoms with Crippen LogP contribution in [0.3, 0.4) is 0 Å². The van der Waals surface area contributed by atoms with Crippen molar-refractivity contribution in [1.29, 1.82) is 0 Å². The molecule has 0 N–H and O–H groups in total. The quantitative estimate of drug-likeness (QED) is 0.301. The van der Waals surface area contributed by atoms with Gasteiger partial charge < -0.3 is 9.47 Å². The number of benzene rings is 2. The van der Waals surface area contributed by atoms with Crippen molar-refractivity contribution in [3.05, 3.63) is 65.2 Å². The number of rotatable bonds is 8. The third-order valence-electron chi connectivity index (χ3n) is 4.47. The fourth-order valence-corrected chi connectivity index (χ4v) is 2.66. The van der Waals surface area contributed by atoms with Gasteiger partial charge in [-0.25, -0.2) is 0 Å². The summed E-state index contributed by atoms with van der Waals surface area (Å²) >= 11 is 0. The van der Waals surface area contributed by atoms with Crippen LogP contribution in [0.4, 0.5) is 8.78 Å². The van der Waals surface area contributed by atoms with Gasteiger partial charge in [0, 0.05) is 6.08 Å². The molecule has 0 aliphatic rings. The third kappa shape index (κ3) is 6.48. The summed E-state index contributed by atoms with van der Waals surface area (Å²) in [6, 6.07) is 12.0. The van der Waals surface area contributed by atoms with Crippen LogP contribution >= 0.6 is 0 Å². The van der Waals surface area contributed by atoms with E-state index in [-0.39, 0.29) is 5.97 Å². The van der Waals surface area contributed by atoms with Crippen LogP contribution in [0, 0.1) is 19.3 Å². The molecule has 0 spiro atoms. The molecule has 0 fully saturated rings. The first-order valence-electron chi connectivity index (χ1n) is 9.22. The smallest absolute Gasteiger partial charge is 0.316 e. The maximum Gasteiger partial charge on any atom is 0.316 e. The normalized spacial score (nSPS) is 11.1. The van der Waals surface area contributed by atoms with Crippen LogP contribution in [0.1, 0.15) is 43.4 Å². The lowest BCUT2D eigenvalue weighted by Gasteiger charge is -2.22. The molecule has 0 heterocycles. The number of esters is 1. The molecule has 0 aliphatic heterocycles. The number of carbonyl (C=O) groups excluding carboxylic acids is 1. The second kappa shape index (κ2) is 9.49. The molecule has 0 bridgehead atoms. The van der Waals surface area contributed by atoms with Crippen molar-refractivity contribution in [1.82, 2.24) is 0 Å². The minimum absolute atomic E-state index is 0.334. The average molecular weight is 388 g/mol. The molecule has 0 radical (unpaired) electrons. The van der Waals surface area contributed by atoms with Crippen LogP contribution in [0.5, 0.6) is 11.5 Å². The zero-order valence-corrected chi connectivity index (χ0v) is 16.7. The summed E-state index contributed by atoms with van der Waals surface area (Å²) in [5, 5.41) is 0. The molecule has 0 saturated carbocycles. The summed E-state index contributed by atoms with van der Waals surface area (Å²) in [6.45, 7) is 8.17. The number of ether oxygens (including phenoxy) is 2. The Labute approximate surface area is 165 Å². The van der Waals surface area contributed by atoms with Crippen molar-refractivity contribution in [2.75, 3.05) is 6.61 Å². The van der Waals surface area contributed by atoms with Gasteiger partial charge in [0.15, 0.2) is 0 Å². The van der Waals surface area contributed by atoms with E-state index in [4.69, 9.17) is 9.47 Å². The molecule has 2 aromatic rings. The number of halogens is 2. The molecule has 5 heteroatoms. The van der Waals surface area contributed by atoms with Crippen molar-refractivity contribution in [2.24, 2.45) is 5.41 Å². The van der Waals surface area contributed by atoms with E-state index in [0.717, 1.165) is 23.0 Å². The molecule has 0 amide bonds. The maximum atomic E-state index is 12.5. The molecule has 0 unspecified atom stereocenters. The Morgan fingerprint density at radius 2 is 1.75 bits per heavy atom. The van der Waals surface area contributed by atoms with E-state index in [1.54, 1.807) is 0 Å². The fourth-order valence-electron chi connectivity index (χ4n) is 2.66. The van der Waals surface area contributed by atoms with Crippen molar-refractivity contribution < 1.29 is 23.0 Å². The average Bonchev–Trinajstić information content (AvgIpc) is 2.62. The molecule has 3 nitrogen and oxygen atoms in total. The first kappa shape index (κ1) is 21.6. The van der Waals surface area contributed by atoms with E-state index in [2.05, 4.69) is 0 Å². The van der Waals surface area contributed by atoms with Gasteiger partial charge in [-0.15, -0.1) is 0 Å². The number of hydrogen-bond donors (Lipinski definition) is 0. The molecular formula is C23H26F2O3. The highest BCUT2D eigenvalue weighted by Gasteiger charge is 2.29. The van der Waals surface area contributed by atoms with Gasteiger partial charge in [0.05, 0.1) is 12.0 Å². The van der Waals surface area contributed by atoms with Crippen molar-refractivity contribution in [3.63, 3.8) is 0 Å². The lowest BCUT2D eigenvalue weighted by atomic mass is 9.88. The predicted octanol–water partition coefficient (Wildman–Crippen LogP) is 6.33. The fraction of sp³-hybridized carbons (Fsp3) is 0.348. The first-order chi connectivity index (χ1) is 13.2. The van der Waals surface area contributed by atoms with E-state index in [1.807, 2.05) is 45.9 Å². The SMILES string of the molecule is Cc1ccc(C)c(OCCCC(C)(C)C(=O)Oc2ccc(C=C(F)F)cc2)c1. The zero-order chi connectivity index (χ0) is 20.7. The molecule has 2 rings (SSSR count). The predicted molar refractivity (Wildman–Crippen MR) is 107 cm³/mol. The van der Waals surface area contributed by atoms with Crippen LogP contribution in [-0.2, 0) is 4.79 Å². The number of carbonyl (C=O) groups is 1. The van der Waals surface area contributed by atoms with E-state index >= 15 is 0 Å². The van der Waals surface area contributed by atoms with Crippen LogP contribution in [-0.4, -0.2) is 12.6 Å². The molecule has 0 aromatic heterocycles. The summed E-state index contributed by atoms with van der Waals surface area (Å²) < 4.78 is 35.7. The second-order valence-electron chi connectivity index (χ2n) is 7.50. The van der Waals surface area contributed by atoms with Gasteiger partial charge in [0.1, 0.15) is 11.5 Å². The topological polar surface area (TPSA) is 35.5 Å². The molecular weight excluding hydrogens is 362 g/mol. The lowest BCUT2D eigenvalue weighted by molar-refractivity contribution is -0.144. The highest BCUT2D eigenvalue weighted by molar-refractivity contribution is 5.78. The lowest BCUT2D eigenvalue weighted by Crippen LogP contribution is -2.29. The van der Waals surface area contributed by atoms with E-state index in [9.17, 15) is 13.6 Å². The zero-order valence-electron chi connectivity index (χ0n) is 16.7. The van der Waals surface area contributed by atoms with Gasteiger partial charge >= 0.3 is 5.97 Å². The van der Waals surface area contributed by atoms with E-state index in [0.29, 0.717) is 30.8 Å². The van der Waals surface area contributed by atoms with Crippen LogP contribution in [0.15, 0.2) is 48.5 Å². The molecule has 2 aromatic carbocycles. The highest BCUT2D eigenvalue weighted by Crippen LogP contribution is 2.27. The minimum Gasteiger partial charge on any atom is -0.493 e. The van der Waals surface area contributed by atoms with Gasteiger partial charge in [-0.1, -0.05) is 24.3 Å². The molecule has 150 valence electrons. The Morgan fingerprint density at radius 3 is 2.39 bits per heavy atom. The monoisotopic (exact) mass is 388 g/mol. The van der Waals surface area contributed by atoms with E-state index < -0.39 is 11.5 Å². The molecule has 0 atom stereocenters. The van der Waals surface area contributed by atoms with E-state index in [1.165, 1.54) is 24.3 Å². The van der Waals surface area contributed by atoms with Crippen LogP contribution in [0.25, 0.3) is 6.08 Å². The minimum atomic E-state index is -1.77. The number of hydrogen-bond acceptors (Lipinski definition) is 3. The Hall–Kier alpha value is -2.69. The summed E-state index contributed by atoms with van der Waals surface area (Å²) in [6.07, 6.45) is 0.291. The first-order valence-corrected chi connectivity index (χ1v) is 9.22. The second-order valence-corrected chi connectivity index (χ2v) is 7.50. The maximum absolute atomic E-state index is 12.5. The van der Waals surface area contributed by atoms with Crippen molar-refractivity contribution in [3.8, 4) is 11.5 Å². The van der Waals surface area contributed by atoms with Crippen molar-refractivity contribution >= 4 is 12.0 Å². The standard InChI is InChI=1S/C23H26F2O3/c1-16-6-7-17(2)20(14-16)27-13-5-12-23(3,4)22(26)28-19-10-8-18(9-11-19)15-21(24)25/h6-11,14-15H,5,12-13H2,1-4H3. The molecule has 0 saturated heterocycles. The third-order valence-corrected chi connectivity index (χ3v) is 4.47. The Kier molecular flexibility index (Phi) is 7.32. The summed E-state index contributed by atoms with van der Waals surface area (Å²) in [5.74, 6) is 0.833. The highest BCUT2D eigenvalue weighted by atomic mass is 19.3. The summed E-state index contributed by atoms with van der Waals surface area (Å²) in [4.78, 5) is 12.5. The largest absolute Gasteiger partial charge is 0.493 e. The Morgan fingerprint density at radius 1 is 1.07 bits per heavy atom. The summed E-state index contributed by atoms with van der Waals surface area (Å²) in [5.41, 5.74) is 1.88. The van der Waals surface area contributed by atoms with Crippen molar-refractivity contribution in [2.45, 2.75) is 40.5 Å². The molecule has 0 aliphatic carbocycles. The van der Waals surface area contributed by atoms with Crippen LogP contribution < -0.4 is 9.47 Å². The van der Waals surface area contributed by atoms with Crippen LogP contribution in [0.2, 0.25) is 0 Å².